The zero-order valence-electron chi connectivity index (χ0n) is 20.5. The largest absolute Gasteiger partial charge is 0.461 e. The lowest BCUT2D eigenvalue weighted by Crippen LogP contribution is -2.48. The number of ether oxygens (including phenoxy) is 1. The SMILES string of the molecule is C[N+]1(C)CCC(OC(=O)C(c2ccccc2)c2ccccc2)CC1.Cc1ccc(S(=O)(=O)O)cc1. The van der Waals surface area contributed by atoms with Gasteiger partial charge < -0.3 is 9.22 Å². The molecule has 7 heteroatoms. The van der Waals surface area contributed by atoms with Crippen molar-refractivity contribution in [3.63, 3.8) is 0 Å². The smallest absolute Gasteiger partial charge is 0.318 e. The van der Waals surface area contributed by atoms with E-state index in [2.05, 4.69) is 14.1 Å². The molecule has 0 saturated carbocycles. The number of nitrogens with zero attached hydrogens (tertiary/aromatic N) is 1. The van der Waals surface area contributed by atoms with Crippen LogP contribution in [0.25, 0.3) is 0 Å². The van der Waals surface area contributed by atoms with Gasteiger partial charge in [0.05, 0.1) is 32.1 Å². The molecule has 3 aromatic rings. The van der Waals surface area contributed by atoms with Crippen LogP contribution in [0.3, 0.4) is 0 Å². The summed E-state index contributed by atoms with van der Waals surface area (Å²) < 4.78 is 36.5. The number of hydrogen-bond donors (Lipinski definition) is 1. The summed E-state index contributed by atoms with van der Waals surface area (Å²) in [4.78, 5) is 12.9. The zero-order valence-corrected chi connectivity index (χ0v) is 21.3. The van der Waals surface area contributed by atoms with Crippen molar-refractivity contribution in [2.45, 2.75) is 36.7 Å². The number of quaternary nitrogens is 1. The molecule has 0 bridgehead atoms. The van der Waals surface area contributed by atoms with Gasteiger partial charge in [0, 0.05) is 12.8 Å². The fourth-order valence-corrected chi connectivity index (χ4v) is 4.54. The number of likely N-dealkylation sites (tertiary alicyclic amines) is 1. The monoisotopic (exact) mass is 496 g/mol. The summed E-state index contributed by atoms with van der Waals surface area (Å²) in [6.45, 7) is 3.95. The highest BCUT2D eigenvalue weighted by atomic mass is 32.2. The molecular formula is C28H34NO5S+. The second-order valence-corrected chi connectivity index (χ2v) is 11.0. The van der Waals surface area contributed by atoms with Gasteiger partial charge in [0.2, 0.25) is 0 Å². The zero-order chi connectivity index (χ0) is 25.5. The van der Waals surface area contributed by atoms with E-state index in [1.165, 1.54) is 12.1 Å². The van der Waals surface area contributed by atoms with Gasteiger partial charge in [0.15, 0.2) is 0 Å². The van der Waals surface area contributed by atoms with Crippen molar-refractivity contribution in [3.05, 3.63) is 102 Å². The Bertz CT molecular complexity index is 1140. The molecular weight excluding hydrogens is 462 g/mol. The number of carbonyl (C=O) groups is 1. The summed E-state index contributed by atoms with van der Waals surface area (Å²) in [6.07, 6.45) is 1.92. The molecule has 6 nitrogen and oxygen atoms in total. The van der Waals surface area contributed by atoms with Crippen LogP contribution in [0.2, 0.25) is 0 Å². The summed E-state index contributed by atoms with van der Waals surface area (Å²) >= 11 is 0. The Morgan fingerprint density at radius 2 is 1.31 bits per heavy atom. The Hall–Kier alpha value is -3.00. The molecule has 3 aromatic carbocycles. The number of piperidine rings is 1. The minimum atomic E-state index is -4.02. The Balaban J connectivity index is 0.000000261. The molecule has 1 aliphatic rings. The van der Waals surface area contributed by atoms with E-state index in [0.29, 0.717) is 0 Å². The molecule has 0 aromatic heterocycles. The van der Waals surface area contributed by atoms with E-state index in [-0.39, 0.29) is 22.9 Å². The van der Waals surface area contributed by atoms with E-state index < -0.39 is 10.1 Å². The third-order valence-electron chi connectivity index (χ3n) is 6.22. The number of esters is 1. The van der Waals surface area contributed by atoms with Crippen LogP contribution in [-0.2, 0) is 19.6 Å². The van der Waals surface area contributed by atoms with Crippen LogP contribution in [-0.4, -0.2) is 56.7 Å². The average Bonchev–Trinajstić information content (AvgIpc) is 2.82. The molecule has 1 heterocycles. The summed E-state index contributed by atoms with van der Waals surface area (Å²) in [5, 5.41) is 0. The molecule has 0 amide bonds. The topological polar surface area (TPSA) is 80.7 Å². The third kappa shape index (κ3) is 8.02. The predicted octanol–water partition coefficient (Wildman–Crippen LogP) is 4.84. The predicted molar refractivity (Wildman–Crippen MR) is 137 cm³/mol. The Labute approximate surface area is 208 Å². The minimum Gasteiger partial charge on any atom is -0.461 e. The maximum Gasteiger partial charge on any atom is 0.318 e. The number of rotatable bonds is 5. The van der Waals surface area contributed by atoms with Crippen LogP contribution in [0.5, 0.6) is 0 Å². The van der Waals surface area contributed by atoms with Gasteiger partial charge in [-0.3, -0.25) is 9.35 Å². The average molecular weight is 497 g/mol. The summed E-state index contributed by atoms with van der Waals surface area (Å²) in [5.41, 5.74) is 2.93. The second-order valence-electron chi connectivity index (χ2n) is 9.56. The lowest BCUT2D eigenvalue weighted by Gasteiger charge is -2.37. The molecule has 4 rings (SSSR count). The molecule has 186 valence electrons. The number of carbonyl (C=O) groups excluding carboxylic acids is 1. The van der Waals surface area contributed by atoms with E-state index in [0.717, 1.165) is 47.1 Å². The highest BCUT2D eigenvalue weighted by Crippen LogP contribution is 2.28. The number of aryl methyl sites for hydroxylation is 1. The molecule has 0 aliphatic carbocycles. The first-order valence-electron chi connectivity index (χ1n) is 11.7. The van der Waals surface area contributed by atoms with E-state index in [4.69, 9.17) is 9.29 Å². The maximum absolute atomic E-state index is 12.9. The van der Waals surface area contributed by atoms with Crippen molar-refractivity contribution in [1.82, 2.24) is 0 Å². The molecule has 0 spiro atoms. The van der Waals surface area contributed by atoms with Crippen LogP contribution < -0.4 is 0 Å². The van der Waals surface area contributed by atoms with Crippen LogP contribution in [0.15, 0.2) is 89.8 Å². The fraction of sp³-hybridized carbons (Fsp3) is 0.321. The number of hydrogen-bond acceptors (Lipinski definition) is 4. The standard InChI is InChI=1S/C21H26NO2.C7H8O3S/c1-22(2)15-13-19(14-16-22)24-21(23)20(17-9-5-3-6-10-17)18-11-7-4-8-12-18;1-6-2-4-7(5-3-6)11(8,9)10/h3-12,19-20H,13-16H2,1-2H3;2-5H,1H3,(H,8,9,10)/q+1;. The molecule has 1 aliphatic heterocycles. The molecule has 1 fully saturated rings. The highest BCUT2D eigenvalue weighted by molar-refractivity contribution is 7.85. The normalized spacial score (nSPS) is 15.7. The lowest BCUT2D eigenvalue weighted by molar-refractivity contribution is -0.896. The van der Waals surface area contributed by atoms with Crippen molar-refractivity contribution >= 4 is 16.1 Å². The van der Waals surface area contributed by atoms with E-state index in [1.807, 2.05) is 67.6 Å². The molecule has 0 radical (unpaired) electrons. The van der Waals surface area contributed by atoms with Crippen molar-refractivity contribution in [3.8, 4) is 0 Å². The van der Waals surface area contributed by atoms with Gasteiger partial charge in [0.25, 0.3) is 10.1 Å². The molecule has 1 N–H and O–H groups in total. The first kappa shape index (κ1) is 26.6. The molecule has 0 unspecified atom stereocenters. The van der Waals surface area contributed by atoms with E-state index in [9.17, 15) is 13.2 Å². The van der Waals surface area contributed by atoms with E-state index >= 15 is 0 Å². The first-order chi connectivity index (χ1) is 16.5. The number of benzene rings is 3. The second kappa shape index (κ2) is 11.6. The Morgan fingerprint density at radius 3 is 1.74 bits per heavy atom. The van der Waals surface area contributed by atoms with Gasteiger partial charge in [-0.05, 0) is 30.2 Å². The summed E-state index contributed by atoms with van der Waals surface area (Å²) in [7, 11) is 0.442. The summed E-state index contributed by atoms with van der Waals surface area (Å²) in [5.74, 6) is -0.485. The van der Waals surface area contributed by atoms with Gasteiger partial charge >= 0.3 is 5.97 Å². The Morgan fingerprint density at radius 1 is 0.857 bits per heavy atom. The van der Waals surface area contributed by atoms with Crippen LogP contribution in [0.4, 0.5) is 0 Å². The summed E-state index contributed by atoms with van der Waals surface area (Å²) in [6, 6.07) is 25.8. The van der Waals surface area contributed by atoms with Gasteiger partial charge in [-0.1, -0.05) is 78.4 Å². The fourth-order valence-electron chi connectivity index (χ4n) is 4.06. The quantitative estimate of drug-likeness (QED) is 0.311. The van der Waals surface area contributed by atoms with Gasteiger partial charge in [-0.2, -0.15) is 8.42 Å². The van der Waals surface area contributed by atoms with Gasteiger partial charge in [-0.25, -0.2) is 0 Å². The van der Waals surface area contributed by atoms with Crippen LogP contribution >= 0.6 is 0 Å². The minimum absolute atomic E-state index is 0.0403. The van der Waals surface area contributed by atoms with E-state index in [1.54, 1.807) is 12.1 Å². The van der Waals surface area contributed by atoms with Crippen LogP contribution in [0.1, 0.15) is 35.4 Å². The lowest BCUT2D eigenvalue weighted by atomic mass is 9.91. The molecule has 1 saturated heterocycles. The van der Waals surface area contributed by atoms with Crippen molar-refractivity contribution in [2.24, 2.45) is 0 Å². The molecule has 35 heavy (non-hydrogen) atoms. The molecule has 0 atom stereocenters. The first-order valence-corrected chi connectivity index (χ1v) is 13.2. The third-order valence-corrected chi connectivity index (χ3v) is 7.08. The highest BCUT2D eigenvalue weighted by Gasteiger charge is 2.31. The van der Waals surface area contributed by atoms with Crippen molar-refractivity contribution in [2.75, 3.05) is 27.2 Å². The Kier molecular flexibility index (Phi) is 8.83. The van der Waals surface area contributed by atoms with Crippen LogP contribution in [0, 0.1) is 6.92 Å². The van der Waals surface area contributed by atoms with Gasteiger partial charge in [0.1, 0.15) is 12.0 Å². The van der Waals surface area contributed by atoms with Crippen molar-refractivity contribution < 1.29 is 27.0 Å². The van der Waals surface area contributed by atoms with Gasteiger partial charge in [-0.15, -0.1) is 0 Å². The maximum atomic E-state index is 12.9. The van der Waals surface area contributed by atoms with Crippen molar-refractivity contribution in [1.29, 1.82) is 0 Å².